The zero-order valence-corrected chi connectivity index (χ0v) is 13.1. The van der Waals surface area contributed by atoms with Crippen LogP contribution in [-0.4, -0.2) is 15.9 Å². The molecule has 0 unspecified atom stereocenters. The third kappa shape index (κ3) is 4.56. The van der Waals surface area contributed by atoms with Crippen molar-refractivity contribution < 1.29 is 18.0 Å². The van der Waals surface area contributed by atoms with Crippen LogP contribution in [-0.2, 0) is 17.4 Å². The topological polar surface area (TPSA) is 54.9 Å². The van der Waals surface area contributed by atoms with Crippen LogP contribution in [0, 0.1) is 0 Å². The van der Waals surface area contributed by atoms with Crippen LogP contribution in [0.1, 0.15) is 17.7 Å². The molecule has 1 aliphatic carbocycles. The Morgan fingerprint density at radius 2 is 2.04 bits per heavy atom. The minimum absolute atomic E-state index is 0.326. The summed E-state index contributed by atoms with van der Waals surface area (Å²) in [5.41, 5.74) is -0.522. The largest absolute Gasteiger partial charge is 0.433 e. The van der Waals surface area contributed by atoms with E-state index in [0.29, 0.717) is 17.2 Å². The predicted molar refractivity (Wildman–Crippen MR) is 79.7 cm³/mol. The van der Waals surface area contributed by atoms with E-state index in [9.17, 15) is 18.0 Å². The second kappa shape index (κ2) is 6.72. The number of hydrogen-bond donors (Lipinski definition) is 1. The van der Waals surface area contributed by atoms with Gasteiger partial charge in [0.1, 0.15) is 0 Å². The summed E-state index contributed by atoms with van der Waals surface area (Å²) in [6.07, 6.45) is -0.850. The Kier molecular flexibility index (Phi) is 5.11. The number of alkyl halides is 3. The lowest BCUT2D eigenvalue weighted by atomic mass is 10.1. The number of aromatic nitrogens is 2. The fraction of sp³-hybridized carbons (Fsp3) is 0.214. The van der Waals surface area contributed by atoms with Gasteiger partial charge < -0.3 is 5.32 Å². The number of nitrogens with one attached hydrogen (secondary N) is 1. The van der Waals surface area contributed by atoms with Crippen molar-refractivity contribution >= 4 is 29.1 Å². The Balaban J connectivity index is 2.17. The molecule has 122 valence electrons. The summed E-state index contributed by atoms with van der Waals surface area (Å²) in [4.78, 5) is 18.6. The zero-order chi connectivity index (χ0) is 17.2. The first-order valence-corrected chi connectivity index (χ1v) is 7.05. The van der Waals surface area contributed by atoms with E-state index < -0.39 is 29.5 Å². The summed E-state index contributed by atoms with van der Waals surface area (Å²) in [5, 5.41) is 2.27. The van der Waals surface area contributed by atoms with E-state index in [2.05, 4.69) is 21.9 Å². The van der Waals surface area contributed by atoms with Crippen molar-refractivity contribution in [2.45, 2.75) is 19.0 Å². The zero-order valence-electron chi connectivity index (χ0n) is 11.5. The van der Waals surface area contributed by atoms with Crippen LogP contribution in [0.2, 0.25) is 5.28 Å². The number of allylic oxidation sites excluding steroid dienone is 4. The standard InChI is InChI=1S/C14H10Cl2F3N3O/c1-7-2-3-10(9(15)4-7)21-11(23)5-8-6-20-13(16)22-12(8)14(17,18)19/h2-3,6H,1,4-5H2,(H,21,23). The lowest BCUT2D eigenvalue weighted by Crippen LogP contribution is -2.26. The molecule has 9 heteroatoms. The van der Waals surface area contributed by atoms with Crippen molar-refractivity contribution in [3.63, 3.8) is 0 Å². The summed E-state index contributed by atoms with van der Waals surface area (Å²) in [7, 11) is 0. The highest BCUT2D eigenvalue weighted by Gasteiger charge is 2.36. The van der Waals surface area contributed by atoms with Gasteiger partial charge in [-0.05, 0) is 23.3 Å². The normalized spacial score (nSPS) is 15.1. The number of rotatable bonds is 3. The molecular weight excluding hydrogens is 354 g/mol. The molecule has 2 rings (SSSR count). The number of amides is 1. The van der Waals surface area contributed by atoms with E-state index in [0.717, 1.165) is 11.8 Å². The number of halogens is 5. The smallest absolute Gasteiger partial charge is 0.325 e. The molecule has 0 saturated carbocycles. The van der Waals surface area contributed by atoms with Crippen molar-refractivity contribution in [2.24, 2.45) is 0 Å². The highest BCUT2D eigenvalue weighted by Crippen LogP contribution is 2.31. The maximum absolute atomic E-state index is 12.9. The Hall–Kier alpha value is -1.86. The molecule has 0 atom stereocenters. The molecule has 0 fully saturated rings. The van der Waals surface area contributed by atoms with Gasteiger partial charge in [-0.1, -0.05) is 24.3 Å². The molecule has 1 N–H and O–H groups in total. The molecule has 0 saturated heterocycles. The van der Waals surface area contributed by atoms with E-state index in [1.807, 2.05) is 0 Å². The number of nitrogens with zero attached hydrogens (tertiary/aromatic N) is 2. The van der Waals surface area contributed by atoms with Crippen LogP contribution in [0.3, 0.4) is 0 Å². The number of carbonyl (C=O) groups excluding carboxylic acids is 1. The maximum atomic E-state index is 12.9. The lowest BCUT2D eigenvalue weighted by Gasteiger charge is -2.15. The minimum atomic E-state index is -4.73. The average Bonchev–Trinajstić information content (AvgIpc) is 2.43. The second-order valence-corrected chi connectivity index (χ2v) is 5.52. The first kappa shape index (κ1) is 17.5. The third-order valence-corrected chi connectivity index (χ3v) is 3.41. The molecule has 0 bridgehead atoms. The molecule has 1 aromatic heterocycles. The van der Waals surface area contributed by atoms with Crippen molar-refractivity contribution in [3.8, 4) is 0 Å². The van der Waals surface area contributed by atoms with Gasteiger partial charge in [0.05, 0.1) is 12.1 Å². The SMILES string of the molecule is C=C1C=CC(NC(=O)Cc2cnc(Cl)nc2C(F)(F)F)=C(Cl)C1. The molecule has 0 spiro atoms. The van der Waals surface area contributed by atoms with Gasteiger partial charge in [0.2, 0.25) is 11.2 Å². The fourth-order valence-electron chi connectivity index (χ4n) is 1.88. The van der Waals surface area contributed by atoms with Crippen LogP contribution in [0.25, 0.3) is 0 Å². The van der Waals surface area contributed by atoms with Crippen LogP contribution in [0.15, 0.2) is 41.2 Å². The average molecular weight is 364 g/mol. The van der Waals surface area contributed by atoms with Gasteiger partial charge in [-0.15, -0.1) is 0 Å². The third-order valence-electron chi connectivity index (χ3n) is 2.89. The Morgan fingerprint density at radius 1 is 1.35 bits per heavy atom. The molecule has 0 radical (unpaired) electrons. The van der Waals surface area contributed by atoms with Crippen LogP contribution in [0.4, 0.5) is 13.2 Å². The van der Waals surface area contributed by atoms with Crippen LogP contribution < -0.4 is 5.32 Å². The van der Waals surface area contributed by atoms with E-state index >= 15 is 0 Å². The van der Waals surface area contributed by atoms with E-state index in [1.54, 1.807) is 6.08 Å². The van der Waals surface area contributed by atoms with E-state index in [-0.39, 0.29) is 5.56 Å². The quantitative estimate of drug-likeness (QED) is 0.831. The molecule has 1 aromatic rings. The first-order valence-electron chi connectivity index (χ1n) is 6.30. The van der Waals surface area contributed by atoms with Crippen molar-refractivity contribution in [1.29, 1.82) is 0 Å². The summed E-state index contributed by atoms with van der Waals surface area (Å²) in [5.74, 6) is -0.674. The maximum Gasteiger partial charge on any atom is 0.433 e. The number of carbonyl (C=O) groups is 1. The van der Waals surface area contributed by atoms with Gasteiger partial charge in [0.15, 0.2) is 5.69 Å². The summed E-state index contributed by atoms with van der Waals surface area (Å²) in [6, 6.07) is 0. The van der Waals surface area contributed by atoms with Gasteiger partial charge >= 0.3 is 6.18 Å². The van der Waals surface area contributed by atoms with Gasteiger partial charge in [-0.2, -0.15) is 13.2 Å². The Bertz CT molecular complexity index is 726. The molecule has 1 aliphatic rings. The van der Waals surface area contributed by atoms with Gasteiger partial charge in [-0.25, -0.2) is 9.97 Å². The molecule has 1 amide bonds. The molecule has 0 aromatic carbocycles. The van der Waals surface area contributed by atoms with E-state index in [4.69, 9.17) is 23.2 Å². The van der Waals surface area contributed by atoms with Gasteiger partial charge in [0, 0.05) is 23.2 Å². The Labute approximate surface area is 139 Å². The first-order chi connectivity index (χ1) is 10.7. The van der Waals surface area contributed by atoms with Crippen molar-refractivity contribution in [3.05, 3.63) is 57.8 Å². The summed E-state index contributed by atoms with van der Waals surface area (Å²) >= 11 is 11.4. The van der Waals surface area contributed by atoms with Crippen LogP contribution >= 0.6 is 23.2 Å². The molecular formula is C14H10Cl2F3N3O. The second-order valence-electron chi connectivity index (χ2n) is 4.72. The van der Waals surface area contributed by atoms with E-state index in [1.165, 1.54) is 6.08 Å². The molecule has 1 heterocycles. The van der Waals surface area contributed by atoms with Gasteiger partial charge in [0.25, 0.3) is 0 Å². The lowest BCUT2D eigenvalue weighted by molar-refractivity contribution is -0.142. The van der Waals surface area contributed by atoms with Gasteiger partial charge in [-0.3, -0.25) is 4.79 Å². The monoisotopic (exact) mass is 363 g/mol. The fourth-order valence-corrected chi connectivity index (χ4v) is 2.30. The molecule has 4 nitrogen and oxygen atoms in total. The minimum Gasteiger partial charge on any atom is -0.325 e. The number of hydrogen-bond acceptors (Lipinski definition) is 3. The predicted octanol–water partition coefficient (Wildman–Crippen LogP) is 3.77. The summed E-state index contributed by atoms with van der Waals surface area (Å²) in [6.45, 7) is 3.72. The van der Waals surface area contributed by atoms with Crippen molar-refractivity contribution in [1.82, 2.24) is 15.3 Å². The molecule has 23 heavy (non-hydrogen) atoms. The van der Waals surface area contributed by atoms with Crippen LogP contribution in [0.5, 0.6) is 0 Å². The Morgan fingerprint density at radius 3 is 2.65 bits per heavy atom. The summed E-state index contributed by atoms with van der Waals surface area (Å²) < 4.78 is 38.7. The highest BCUT2D eigenvalue weighted by molar-refractivity contribution is 6.30. The molecule has 0 aliphatic heterocycles. The van der Waals surface area contributed by atoms with Crippen molar-refractivity contribution in [2.75, 3.05) is 0 Å². The highest BCUT2D eigenvalue weighted by atomic mass is 35.5.